The van der Waals surface area contributed by atoms with Gasteiger partial charge in [0.2, 0.25) is 0 Å². The van der Waals surface area contributed by atoms with Crippen LogP contribution in [-0.2, 0) is 9.53 Å². The molecule has 130 valence electrons. The number of carbonyl (C=O) groups excluding carboxylic acids is 1. The lowest BCUT2D eigenvalue weighted by molar-refractivity contribution is -0.191. The number of hydrogen-bond donors (Lipinski definition) is 0. The summed E-state index contributed by atoms with van der Waals surface area (Å²) < 4.78 is 6.16. The molecule has 0 N–H and O–H groups in total. The van der Waals surface area contributed by atoms with E-state index in [-0.39, 0.29) is 22.4 Å². The molecule has 0 unspecified atom stereocenters. The molecule has 2 nitrogen and oxygen atoms in total. The SMILES string of the molecule is CC(C)(OC(=O)C(C)(C(C)(C)C)C(C)(C)C)C1CCCCC1. The first kappa shape index (κ1) is 19.5. The predicted octanol–water partition coefficient (Wildman–Crippen LogP) is 5.99. The first-order valence-electron chi connectivity index (χ1n) is 8.97. The zero-order valence-corrected chi connectivity index (χ0v) is 16.4. The number of esters is 1. The van der Waals surface area contributed by atoms with Crippen LogP contribution in [0.4, 0.5) is 0 Å². The summed E-state index contributed by atoms with van der Waals surface area (Å²) in [6.45, 7) is 19.2. The van der Waals surface area contributed by atoms with E-state index in [1.54, 1.807) is 0 Å². The summed E-state index contributed by atoms with van der Waals surface area (Å²) in [6.07, 6.45) is 6.22. The van der Waals surface area contributed by atoms with Gasteiger partial charge in [-0.25, -0.2) is 0 Å². The van der Waals surface area contributed by atoms with Gasteiger partial charge in [-0.3, -0.25) is 4.79 Å². The van der Waals surface area contributed by atoms with Crippen LogP contribution in [-0.4, -0.2) is 11.6 Å². The van der Waals surface area contributed by atoms with Crippen LogP contribution in [0, 0.1) is 22.2 Å². The Morgan fingerprint density at radius 3 is 1.55 bits per heavy atom. The average Bonchev–Trinajstić information content (AvgIpc) is 2.35. The Labute approximate surface area is 138 Å². The standard InChI is InChI=1S/C20H38O2/c1-17(2,3)20(9,18(4,5)6)16(21)22-19(7,8)15-13-11-10-12-14-15/h15H,10-14H2,1-9H3. The topological polar surface area (TPSA) is 26.3 Å². The second-order valence-corrected chi connectivity index (χ2v) is 9.95. The van der Waals surface area contributed by atoms with E-state index in [4.69, 9.17) is 4.74 Å². The Morgan fingerprint density at radius 2 is 1.18 bits per heavy atom. The van der Waals surface area contributed by atoms with Gasteiger partial charge in [0.25, 0.3) is 0 Å². The molecule has 0 aromatic carbocycles. The minimum absolute atomic E-state index is 0.0388. The van der Waals surface area contributed by atoms with E-state index < -0.39 is 5.41 Å². The molecule has 22 heavy (non-hydrogen) atoms. The minimum Gasteiger partial charge on any atom is -0.459 e. The van der Waals surface area contributed by atoms with Crippen molar-refractivity contribution in [2.45, 2.75) is 100 Å². The number of rotatable bonds is 3. The minimum atomic E-state index is -0.522. The molecule has 0 spiro atoms. The Morgan fingerprint density at radius 1 is 0.773 bits per heavy atom. The lowest BCUT2D eigenvalue weighted by Gasteiger charge is -2.50. The maximum Gasteiger partial charge on any atom is 0.313 e. The van der Waals surface area contributed by atoms with Gasteiger partial charge in [0.05, 0.1) is 5.41 Å². The van der Waals surface area contributed by atoms with Crippen molar-refractivity contribution in [3.8, 4) is 0 Å². The third-order valence-electron chi connectivity index (χ3n) is 6.35. The highest BCUT2D eigenvalue weighted by Crippen LogP contribution is 2.53. The van der Waals surface area contributed by atoms with Crippen molar-refractivity contribution in [3.05, 3.63) is 0 Å². The fraction of sp³-hybridized carbons (Fsp3) is 0.950. The van der Waals surface area contributed by atoms with Crippen molar-refractivity contribution in [1.29, 1.82) is 0 Å². The Balaban J connectivity index is 3.01. The third-order valence-corrected chi connectivity index (χ3v) is 6.35. The van der Waals surface area contributed by atoms with Crippen LogP contribution in [0.5, 0.6) is 0 Å². The second kappa shape index (κ2) is 6.17. The van der Waals surface area contributed by atoms with Gasteiger partial charge in [0.15, 0.2) is 0 Å². The molecule has 0 aromatic rings. The van der Waals surface area contributed by atoms with Crippen molar-refractivity contribution in [1.82, 2.24) is 0 Å². The molecular weight excluding hydrogens is 272 g/mol. The number of ether oxygens (including phenoxy) is 1. The van der Waals surface area contributed by atoms with Crippen molar-refractivity contribution < 1.29 is 9.53 Å². The molecular formula is C20H38O2. The molecule has 0 saturated heterocycles. The smallest absolute Gasteiger partial charge is 0.313 e. The summed E-state index contributed by atoms with van der Waals surface area (Å²) in [6, 6.07) is 0. The van der Waals surface area contributed by atoms with Crippen LogP contribution in [0.3, 0.4) is 0 Å². The zero-order chi connectivity index (χ0) is 17.4. The maximum absolute atomic E-state index is 13.2. The summed E-state index contributed by atoms with van der Waals surface area (Å²) in [5, 5.41) is 0. The van der Waals surface area contributed by atoms with Crippen LogP contribution < -0.4 is 0 Å². The molecule has 0 bridgehead atoms. The van der Waals surface area contributed by atoms with Gasteiger partial charge in [0.1, 0.15) is 5.60 Å². The average molecular weight is 311 g/mol. The van der Waals surface area contributed by atoms with Gasteiger partial charge in [-0.2, -0.15) is 0 Å². The van der Waals surface area contributed by atoms with Gasteiger partial charge in [-0.1, -0.05) is 60.8 Å². The highest BCUT2D eigenvalue weighted by Gasteiger charge is 2.55. The van der Waals surface area contributed by atoms with E-state index >= 15 is 0 Å². The normalized spacial score (nSPS) is 19.1. The van der Waals surface area contributed by atoms with E-state index in [1.165, 1.54) is 32.1 Å². The Kier molecular flexibility index (Phi) is 5.47. The summed E-state index contributed by atoms with van der Waals surface area (Å²) in [5.74, 6) is 0.456. The van der Waals surface area contributed by atoms with Crippen LogP contribution in [0.2, 0.25) is 0 Å². The molecule has 1 aliphatic rings. The molecule has 1 rings (SSSR count). The monoisotopic (exact) mass is 310 g/mol. The summed E-state index contributed by atoms with van der Waals surface area (Å²) in [5.41, 5.74) is -1.18. The maximum atomic E-state index is 13.2. The molecule has 2 heteroatoms. The molecule has 1 aliphatic carbocycles. The molecule has 0 amide bonds. The van der Waals surface area contributed by atoms with Crippen LogP contribution in [0.25, 0.3) is 0 Å². The largest absolute Gasteiger partial charge is 0.459 e. The van der Waals surface area contributed by atoms with E-state index in [1.807, 2.05) is 0 Å². The Hall–Kier alpha value is -0.530. The molecule has 0 heterocycles. The Bertz CT molecular complexity index is 373. The molecule has 0 aliphatic heterocycles. The van der Waals surface area contributed by atoms with Crippen molar-refractivity contribution in [2.24, 2.45) is 22.2 Å². The van der Waals surface area contributed by atoms with Crippen molar-refractivity contribution in [3.63, 3.8) is 0 Å². The van der Waals surface area contributed by atoms with E-state index in [0.717, 1.165) is 0 Å². The lowest BCUT2D eigenvalue weighted by atomic mass is 9.55. The zero-order valence-electron chi connectivity index (χ0n) is 16.4. The first-order chi connectivity index (χ1) is 9.73. The van der Waals surface area contributed by atoms with E-state index in [2.05, 4.69) is 62.3 Å². The molecule has 0 radical (unpaired) electrons. The summed E-state index contributed by atoms with van der Waals surface area (Å²) >= 11 is 0. The second-order valence-electron chi connectivity index (χ2n) is 9.95. The fourth-order valence-corrected chi connectivity index (χ4v) is 3.96. The van der Waals surface area contributed by atoms with E-state index in [9.17, 15) is 4.79 Å². The predicted molar refractivity (Wildman–Crippen MR) is 93.8 cm³/mol. The van der Waals surface area contributed by atoms with Crippen LogP contribution >= 0.6 is 0 Å². The summed E-state index contributed by atoms with van der Waals surface area (Å²) in [7, 11) is 0. The van der Waals surface area contributed by atoms with Crippen LogP contribution in [0.1, 0.15) is 94.4 Å². The molecule has 0 aromatic heterocycles. The third kappa shape index (κ3) is 3.68. The van der Waals surface area contributed by atoms with Crippen molar-refractivity contribution >= 4 is 5.97 Å². The van der Waals surface area contributed by atoms with Crippen molar-refractivity contribution in [2.75, 3.05) is 0 Å². The first-order valence-corrected chi connectivity index (χ1v) is 8.97. The van der Waals surface area contributed by atoms with E-state index in [0.29, 0.717) is 5.92 Å². The number of carbonyl (C=O) groups is 1. The highest BCUT2D eigenvalue weighted by molar-refractivity contribution is 5.78. The molecule has 1 fully saturated rings. The highest BCUT2D eigenvalue weighted by atomic mass is 16.6. The van der Waals surface area contributed by atoms with Gasteiger partial charge in [-0.15, -0.1) is 0 Å². The number of hydrogen-bond acceptors (Lipinski definition) is 2. The molecule has 0 atom stereocenters. The molecule has 1 saturated carbocycles. The van der Waals surface area contributed by atoms with Gasteiger partial charge >= 0.3 is 5.97 Å². The quantitative estimate of drug-likeness (QED) is 0.599. The van der Waals surface area contributed by atoms with Gasteiger partial charge in [-0.05, 0) is 50.4 Å². The van der Waals surface area contributed by atoms with Crippen LogP contribution in [0.15, 0.2) is 0 Å². The lowest BCUT2D eigenvalue weighted by Crippen LogP contribution is -2.53. The van der Waals surface area contributed by atoms with Gasteiger partial charge in [0, 0.05) is 0 Å². The summed E-state index contributed by atoms with van der Waals surface area (Å²) in [4.78, 5) is 13.2. The van der Waals surface area contributed by atoms with Gasteiger partial charge < -0.3 is 4.74 Å². The fourth-order valence-electron chi connectivity index (χ4n) is 3.96.